The van der Waals surface area contributed by atoms with Crippen LogP contribution >= 0.6 is 11.6 Å². The molecule has 0 heterocycles. The van der Waals surface area contributed by atoms with Crippen molar-refractivity contribution >= 4 is 23.7 Å². The zero-order valence-electron chi connectivity index (χ0n) is 13.0. The number of nitrogens with one attached hydrogen (secondary N) is 1. The maximum atomic E-state index is 11.5. The number of amides is 1. The van der Waals surface area contributed by atoms with Crippen LogP contribution in [-0.4, -0.2) is 45.6 Å². The SMILES string of the molecule is CC(C)(C)OC(=O)NCC(O)C(O)c1ccc(Cl)cc1C(=O)O. The van der Waals surface area contributed by atoms with E-state index in [-0.39, 0.29) is 22.7 Å². The second-order valence-electron chi connectivity index (χ2n) is 5.93. The number of carboxylic acids is 1. The lowest BCUT2D eigenvalue weighted by molar-refractivity contribution is 0.0121. The number of rotatable bonds is 5. The molecule has 0 fully saturated rings. The Morgan fingerprint density at radius 1 is 1.30 bits per heavy atom. The summed E-state index contributed by atoms with van der Waals surface area (Å²) in [5, 5.41) is 31.7. The summed E-state index contributed by atoms with van der Waals surface area (Å²) in [5.41, 5.74) is -0.915. The van der Waals surface area contributed by atoms with E-state index in [0.717, 1.165) is 0 Å². The Morgan fingerprint density at radius 2 is 1.91 bits per heavy atom. The number of carbonyl (C=O) groups excluding carboxylic acids is 1. The quantitative estimate of drug-likeness (QED) is 0.648. The van der Waals surface area contributed by atoms with Gasteiger partial charge in [-0.1, -0.05) is 17.7 Å². The van der Waals surface area contributed by atoms with Crippen LogP contribution in [0.25, 0.3) is 0 Å². The summed E-state index contributed by atoms with van der Waals surface area (Å²) < 4.78 is 5.00. The van der Waals surface area contributed by atoms with Crippen molar-refractivity contribution < 1.29 is 29.6 Å². The Bertz CT molecular complexity index is 584. The topological polar surface area (TPSA) is 116 Å². The molecule has 128 valence electrons. The van der Waals surface area contributed by atoms with Crippen molar-refractivity contribution in [1.82, 2.24) is 5.32 Å². The van der Waals surface area contributed by atoms with E-state index in [4.69, 9.17) is 21.4 Å². The molecule has 0 saturated heterocycles. The van der Waals surface area contributed by atoms with E-state index in [2.05, 4.69) is 5.32 Å². The molecule has 0 aliphatic heterocycles. The van der Waals surface area contributed by atoms with E-state index in [0.29, 0.717) is 0 Å². The van der Waals surface area contributed by atoms with Crippen molar-refractivity contribution in [1.29, 1.82) is 0 Å². The van der Waals surface area contributed by atoms with Crippen LogP contribution in [0.3, 0.4) is 0 Å². The van der Waals surface area contributed by atoms with Gasteiger partial charge in [0.2, 0.25) is 0 Å². The molecular weight excluding hydrogens is 326 g/mol. The molecule has 1 rings (SSSR count). The molecule has 1 amide bonds. The van der Waals surface area contributed by atoms with Gasteiger partial charge < -0.3 is 25.4 Å². The van der Waals surface area contributed by atoms with Gasteiger partial charge in [-0.05, 0) is 38.5 Å². The highest BCUT2D eigenvalue weighted by molar-refractivity contribution is 6.31. The molecular formula is C15H20ClNO6. The van der Waals surface area contributed by atoms with E-state index in [9.17, 15) is 19.8 Å². The third-order valence-corrected chi connectivity index (χ3v) is 3.02. The number of aromatic carboxylic acids is 1. The Labute approximate surface area is 138 Å². The minimum atomic E-state index is -1.51. The number of hydrogen-bond donors (Lipinski definition) is 4. The fraction of sp³-hybridized carbons (Fsp3) is 0.467. The van der Waals surface area contributed by atoms with Gasteiger partial charge in [-0.3, -0.25) is 0 Å². The summed E-state index contributed by atoms with van der Waals surface area (Å²) in [4.78, 5) is 22.7. The molecule has 0 radical (unpaired) electrons. The molecule has 0 aliphatic carbocycles. The van der Waals surface area contributed by atoms with Crippen molar-refractivity contribution in [3.63, 3.8) is 0 Å². The molecule has 2 unspecified atom stereocenters. The third kappa shape index (κ3) is 6.05. The second-order valence-corrected chi connectivity index (χ2v) is 6.37. The molecule has 0 aliphatic rings. The van der Waals surface area contributed by atoms with Crippen molar-refractivity contribution in [2.75, 3.05) is 6.54 Å². The largest absolute Gasteiger partial charge is 0.478 e. The molecule has 1 aromatic carbocycles. The maximum Gasteiger partial charge on any atom is 0.407 e. The predicted octanol–water partition coefficient (Wildman–Crippen LogP) is 1.96. The summed E-state index contributed by atoms with van der Waals surface area (Å²) in [6, 6.07) is 3.89. The smallest absolute Gasteiger partial charge is 0.407 e. The van der Waals surface area contributed by atoms with Crippen LogP contribution in [0.15, 0.2) is 18.2 Å². The Kier molecular flexibility index (Phi) is 6.37. The van der Waals surface area contributed by atoms with E-state index < -0.39 is 29.9 Å². The van der Waals surface area contributed by atoms with Gasteiger partial charge >= 0.3 is 12.1 Å². The van der Waals surface area contributed by atoms with Crippen molar-refractivity contribution in [3.05, 3.63) is 34.3 Å². The molecule has 2 atom stereocenters. The van der Waals surface area contributed by atoms with E-state index in [1.807, 2.05) is 0 Å². The van der Waals surface area contributed by atoms with Crippen molar-refractivity contribution in [2.45, 2.75) is 38.6 Å². The standard InChI is InChI=1S/C15H20ClNO6/c1-15(2,3)23-14(22)17-7-11(18)12(19)9-5-4-8(16)6-10(9)13(20)21/h4-6,11-12,18-19H,7H2,1-3H3,(H,17,22)(H,20,21). The third-order valence-electron chi connectivity index (χ3n) is 2.78. The first-order valence-corrected chi connectivity index (χ1v) is 7.25. The molecule has 0 saturated carbocycles. The molecule has 0 aromatic heterocycles. The van der Waals surface area contributed by atoms with E-state index in [1.54, 1.807) is 20.8 Å². The fourth-order valence-corrected chi connectivity index (χ4v) is 1.96. The fourth-order valence-electron chi connectivity index (χ4n) is 1.79. The van der Waals surface area contributed by atoms with Gasteiger partial charge in [0.05, 0.1) is 5.56 Å². The van der Waals surface area contributed by atoms with Crippen molar-refractivity contribution in [3.8, 4) is 0 Å². The van der Waals surface area contributed by atoms with Gasteiger partial charge in [-0.15, -0.1) is 0 Å². The minimum Gasteiger partial charge on any atom is -0.478 e. The lowest BCUT2D eigenvalue weighted by atomic mass is 9.98. The first-order valence-electron chi connectivity index (χ1n) is 6.87. The normalized spacial score (nSPS) is 14.0. The number of aliphatic hydroxyl groups is 2. The van der Waals surface area contributed by atoms with Gasteiger partial charge in [0, 0.05) is 11.6 Å². The summed E-state index contributed by atoms with van der Waals surface area (Å²) in [6.45, 7) is 4.75. The number of halogens is 1. The van der Waals surface area contributed by atoms with Crippen LogP contribution < -0.4 is 5.32 Å². The van der Waals surface area contributed by atoms with Gasteiger partial charge in [0.25, 0.3) is 0 Å². The van der Waals surface area contributed by atoms with Crippen LogP contribution in [0.1, 0.15) is 42.8 Å². The summed E-state index contributed by atoms with van der Waals surface area (Å²) in [5.74, 6) is -1.28. The van der Waals surface area contributed by atoms with Crippen LogP contribution in [-0.2, 0) is 4.74 Å². The Balaban J connectivity index is 2.76. The zero-order chi connectivity index (χ0) is 17.8. The molecule has 0 bridgehead atoms. The zero-order valence-corrected chi connectivity index (χ0v) is 13.8. The first kappa shape index (κ1) is 19.2. The molecule has 7 nitrogen and oxygen atoms in total. The Hall–Kier alpha value is -1.83. The number of ether oxygens (including phenoxy) is 1. The van der Waals surface area contributed by atoms with Crippen LogP contribution in [0.4, 0.5) is 4.79 Å². The predicted molar refractivity (Wildman–Crippen MR) is 83.6 cm³/mol. The minimum absolute atomic E-state index is 0.000360. The second kappa shape index (κ2) is 7.63. The van der Waals surface area contributed by atoms with Crippen LogP contribution in [0.5, 0.6) is 0 Å². The average molecular weight is 346 g/mol. The van der Waals surface area contributed by atoms with Crippen LogP contribution in [0.2, 0.25) is 5.02 Å². The summed E-state index contributed by atoms with van der Waals surface area (Å²) >= 11 is 5.73. The number of alkyl carbamates (subject to hydrolysis) is 1. The van der Waals surface area contributed by atoms with Crippen molar-refractivity contribution in [2.24, 2.45) is 0 Å². The summed E-state index contributed by atoms with van der Waals surface area (Å²) in [7, 11) is 0. The lowest BCUT2D eigenvalue weighted by Gasteiger charge is -2.23. The van der Waals surface area contributed by atoms with E-state index >= 15 is 0 Å². The average Bonchev–Trinajstić information content (AvgIpc) is 2.42. The molecule has 8 heteroatoms. The lowest BCUT2D eigenvalue weighted by Crippen LogP contribution is -2.39. The molecule has 23 heavy (non-hydrogen) atoms. The molecule has 1 aromatic rings. The summed E-state index contributed by atoms with van der Waals surface area (Å²) in [6.07, 6.45) is -3.67. The Morgan fingerprint density at radius 3 is 2.43 bits per heavy atom. The van der Waals surface area contributed by atoms with Crippen LogP contribution in [0, 0.1) is 0 Å². The van der Waals surface area contributed by atoms with Gasteiger partial charge in [0.15, 0.2) is 0 Å². The first-order chi connectivity index (χ1) is 10.5. The maximum absolute atomic E-state index is 11.5. The highest BCUT2D eigenvalue weighted by Crippen LogP contribution is 2.24. The number of carbonyl (C=O) groups is 2. The highest BCUT2D eigenvalue weighted by Gasteiger charge is 2.25. The number of benzene rings is 1. The highest BCUT2D eigenvalue weighted by atomic mass is 35.5. The van der Waals surface area contributed by atoms with Gasteiger partial charge in [-0.2, -0.15) is 0 Å². The van der Waals surface area contributed by atoms with Gasteiger partial charge in [0.1, 0.15) is 17.8 Å². The van der Waals surface area contributed by atoms with E-state index in [1.165, 1.54) is 18.2 Å². The molecule has 0 spiro atoms. The number of carboxylic acid groups (broad SMARTS) is 1. The number of aliphatic hydroxyl groups excluding tert-OH is 2. The van der Waals surface area contributed by atoms with Gasteiger partial charge in [-0.25, -0.2) is 9.59 Å². The monoisotopic (exact) mass is 345 g/mol. The number of hydrogen-bond acceptors (Lipinski definition) is 5. The molecule has 4 N–H and O–H groups in total.